The number of hydrogen-bond donors (Lipinski definition) is 2. The van der Waals surface area contributed by atoms with Crippen molar-refractivity contribution >= 4 is 34.3 Å². The summed E-state index contributed by atoms with van der Waals surface area (Å²) in [7, 11) is 0. The first-order valence-corrected chi connectivity index (χ1v) is 9.83. The number of rotatable bonds is 5. The predicted molar refractivity (Wildman–Crippen MR) is 111 cm³/mol. The number of benzene rings is 2. The van der Waals surface area contributed by atoms with Crippen molar-refractivity contribution in [2.45, 2.75) is 39.7 Å². The van der Waals surface area contributed by atoms with Crippen LogP contribution in [0.4, 0.5) is 8.78 Å². The minimum atomic E-state index is -1.21. The number of carbonyl (C=O) groups is 2. The van der Waals surface area contributed by atoms with Crippen LogP contribution in [0.25, 0.3) is 10.9 Å². The molecule has 1 atom stereocenters. The highest BCUT2D eigenvalue weighted by Gasteiger charge is 2.27. The number of nitrogens with zero attached hydrogens (tertiary/aromatic N) is 1. The number of aromatic hydroxyl groups is 1. The van der Waals surface area contributed by atoms with Gasteiger partial charge in [-0.05, 0) is 44.0 Å². The fraction of sp³-hybridized carbons (Fsp3) is 0.273. The van der Waals surface area contributed by atoms with Gasteiger partial charge in [-0.2, -0.15) is 0 Å². The summed E-state index contributed by atoms with van der Waals surface area (Å²) in [6, 6.07) is 6.96. The molecule has 8 heteroatoms. The van der Waals surface area contributed by atoms with Crippen molar-refractivity contribution in [3.8, 4) is 5.75 Å². The first-order valence-electron chi connectivity index (χ1n) is 9.46. The van der Waals surface area contributed by atoms with Gasteiger partial charge in [0.05, 0.1) is 11.9 Å². The third-order valence-electron chi connectivity index (χ3n) is 5.12. The minimum Gasteiger partial charge on any atom is -0.503 e. The second-order valence-electron chi connectivity index (χ2n) is 7.18. The van der Waals surface area contributed by atoms with E-state index in [0.29, 0.717) is 11.4 Å². The maximum absolute atomic E-state index is 14.9. The van der Waals surface area contributed by atoms with Gasteiger partial charge < -0.3 is 10.4 Å². The van der Waals surface area contributed by atoms with Crippen LogP contribution in [0.5, 0.6) is 5.75 Å². The lowest BCUT2D eigenvalue weighted by Crippen LogP contribution is -2.33. The van der Waals surface area contributed by atoms with Crippen molar-refractivity contribution < 1.29 is 23.5 Å². The van der Waals surface area contributed by atoms with E-state index < -0.39 is 23.3 Å². The van der Waals surface area contributed by atoms with Gasteiger partial charge in [-0.1, -0.05) is 24.6 Å². The van der Waals surface area contributed by atoms with Gasteiger partial charge in [-0.3, -0.25) is 14.2 Å². The van der Waals surface area contributed by atoms with E-state index in [1.54, 1.807) is 19.1 Å². The molecule has 2 N–H and O–H groups in total. The Balaban J connectivity index is 2.22. The highest BCUT2D eigenvalue weighted by molar-refractivity contribution is 6.31. The van der Waals surface area contributed by atoms with Crippen molar-refractivity contribution in [3.05, 3.63) is 63.8 Å². The molecule has 0 spiro atoms. The van der Waals surface area contributed by atoms with Gasteiger partial charge in [-0.25, -0.2) is 8.78 Å². The van der Waals surface area contributed by atoms with Crippen LogP contribution >= 0.6 is 11.6 Å². The molecule has 5 nitrogen and oxygen atoms in total. The molecule has 0 fully saturated rings. The Hall–Kier alpha value is -2.93. The van der Waals surface area contributed by atoms with E-state index in [-0.39, 0.29) is 46.1 Å². The summed E-state index contributed by atoms with van der Waals surface area (Å²) in [5.74, 6) is -4.49. The number of carbonyl (C=O) groups excluding carboxylic acids is 2. The van der Waals surface area contributed by atoms with Gasteiger partial charge >= 0.3 is 0 Å². The Morgan fingerprint density at radius 1 is 1.27 bits per heavy atom. The summed E-state index contributed by atoms with van der Waals surface area (Å²) in [6.45, 7) is 5.29. The summed E-state index contributed by atoms with van der Waals surface area (Å²) >= 11 is 5.97. The SMILES string of the molecule is CCC(C)NC(=O)Cc1c(C)n(C(=O)c2cccc(Cl)c2)c2cc(F)c(O)c(F)c12. The molecule has 1 aromatic heterocycles. The molecule has 3 rings (SSSR count). The molecule has 0 aliphatic rings. The van der Waals surface area contributed by atoms with E-state index in [1.165, 1.54) is 12.1 Å². The largest absolute Gasteiger partial charge is 0.503 e. The Morgan fingerprint density at radius 2 is 1.97 bits per heavy atom. The lowest BCUT2D eigenvalue weighted by atomic mass is 10.1. The lowest BCUT2D eigenvalue weighted by molar-refractivity contribution is -0.121. The van der Waals surface area contributed by atoms with E-state index in [0.717, 1.165) is 10.6 Å². The molecule has 0 aliphatic heterocycles. The Labute approximate surface area is 177 Å². The first kappa shape index (κ1) is 21.8. The fourth-order valence-corrected chi connectivity index (χ4v) is 3.56. The van der Waals surface area contributed by atoms with Crippen LogP contribution < -0.4 is 5.32 Å². The molecule has 0 saturated carbocycles. The summed E-state index contributed by atoms with van der Waals surface area (Å²) in [4.78, 5) is 25.6. The van der Waals surface area contributed by atoms with Crippen LogP contribution in [0.15, 0.2) is 30.3 Å². The molecule has 2 aromatic carbocycles. The number of phenolic OH excluding ortho intramolecular Hbond substituents is 1. The van der Waals surface area contributed by atoms with E-state index in [2.05, 4.69) is 5.32 Å². The van der Waals surface area contributed by atoms with Gasteiger partial charge in [0.25, 0.3) is 5.91 Å². The molecule has 0 bridgehead atoms. The third-order valence-corrected chi connectivity index (χ3v) is 5.35. The Morgan fingerprint density at radius 3 is 2.60 bits per heavy atom. The average molecular weight is 435 g/mol. The number of nitrogens with one attached hydrogen (secondary N) is 1. The number of hydrogen-bond acceptors (Lipinski definition) is 3. The molecule has 0 radical (unpaired) electrons. The molecule has 1 unspecified atom stereocenters. The highest BCUT2D eigenvalue weighted by Crippen LogP contribution is 2.35. The van der Waals surface area contributed by atoms with E-state index in [4.69, 9.17) is 11.6 Å². The van der Waals surface area contributed by atoms with Crippen LogP contribution in [0.3, 0.4) is 0 Å². The maximum atomic E-state index is 14.9. The standard InChI is InChI=1S/C22H21ClF2N2O3/c1-4-11(2)26-18(28)9-15-12(3)27(22(30)13-6-5-7-14(23)8-13)17-10-16(24)21(29)20(25)19(15)17/h5-8,10-11,29H,4,9H2,1-3H3,(H,26,28). The molecule has 3 aromatic rings. The number of phenols is 1. The van der Waals surface area contributed by atoms with Gasteiger partial charge in [0.1, 0.15) is 0 Å². The predicted octanol–water partition coefficient (Wildman–Crippen LogP) is 4.73. The number of aromatic nitrogens is 1. The Bertz CT molecular complexity index is 1160. The molecule has 0 saturated heterocycles. The third kappa shape index (κ3) is 3.89. The normalized spacial score (nSPS) is 12.2. The minimum absolute atomic E-state index is 0.0726. The average Bonchev–Trinajstić information content (AvgIpc) is 2.96. The zero-order valence-corrected chi connectivity index (χ0v) is 17.5. The fourth-order valence-electron chi connectivity index (χ4n) is 3.37. The van der Waals surface area contributed by atoms with Crippen molar-refractivity contribution in [1.82, 2.24) is 9.88 Å². The monoisotopic (exact) mass is 434 g/mol. The van der Waals surface area contributed by atoms with Crippen LogP contribution in [0.2, 0.25) is 5.02 Å². The van der Waals surface area contributed by atoms with Gasteiger partial charge in [0.15, 0.2) is 17.4 Å². The number of fused-ring (bicyclic) bond motifs is 1. The van der Waals surface area contributed by atoms with Crippen molar-refractivity contribution in [2.24, 2.45) is 0 Å². The molecule has 158 valence electrons. The van der Waals surface area contributed by atoms with Crippen molar-refractivity contribution in [3.63, 3.8) is 0 Å². The molecule has 1 amide bonds. The molecular formula is C22H21ClF2N2O3. The summed E-state index contributed by atoms with van der Waals surface area (Å²) < 4.78 is 30.1. The van der Waals surface area contributed by atoms with Gasteiger partial charge in [0, 0.05) is 33.8 Å². The second kappa shape index (κ2) is 8.44. The summed E-state index contributed by atoms with van der Waals surface area (Å²) in [5, 5.41) is 12.7. The van der Waals surface area contributed by atoms with Crippen LogP contribution in [0, 0.1) is 18.6 Å². The molecule has 0 aliphatic carbocycles. The second-order valence-corrected chi connectivity index (χ2v) is 7.62. The molecular weight excluding hydrogens is 414 g/mol. The summed E-state index contributed by atoms with van der Waals surface area (Å²) in [6.07, 6.45) is 0.477. The van der Waals surface area contributed by atoms with E-state index in [9.17, 15) is 23.5 Å². The van der Waals surface area contributed by atoms with Crippen LogP contribution in [-0.4, -0.2) is 27.5 Å². The van der Waals surface area contributed by atoms with Crippen LogP contribution in [-0.2, 0) is 11.2 Å². The molecule has 30 heavy (non-hydrogen) atoms. The smallest absolute Gasteiger partial charge is 0.262 e. The highest BCUT2D eigenvalue weighted by atomic mass is 35.5. The zero-order valence-electron chi connectivity index (χ0n) is 16.7. The van der Waals surface area contributed by atoms with Gasteiger partial charge in [0.2, 0.25) is 5.91 Å². The lowest BCUT2D eigenvalue weighted by Gasteiger charge is -2.12. The van der Waals surface area contributed by atoms with Crippen molar-refractivity contribution in [2.75, 3.05) is 0 Å². The number of halogens is 3. The molecule has 1 heterocycles. The van der Waals surface area contributed by atoms with Crippen LogP contribution in [0.1, 0.15) is 41.9 Å². The summed E-state index contributed by atoms with van der Waals surface area (Å²) in [5.41, 5.74) is 0.621. The maximum Gasteiger partial charge on any atom is 0.262 e. The van der Waals surface area contributed by atoms with Gasteiger partial charge in [-0.15, -0.1) is 0 Å². The first-order chi connectivity index (χ1) is 14.1. The zero-order chi connectivity index (χ0) is 22.2. The topological polar surface area (TPSA) is 71.3 Å². The van der Waals surface area contributed by atoms with Crippen molar-refractivity contribution in [1.29, 1.82) is 0 Å². The number of amides is 1. The Kier molecular flexibility index (Phi) is 6.12. The van der Waals surface area contributed by atoms with E-state index in [1.807, 2.05) is 13.8 Å². The quantitative estimate of drug-likeness (QED) is 0.609. The van der Waals surface area contributed by atoms with E-state index >= 15 is 0 Å².